The zero-order valence-corrected chi connectivity index (χ0v) is 19.2. The second kappa shape index (κ2) is 10.3. The smallest absolute Gasteiger partial charge is 0.237 e. The molecule has 4 aromatic rings. The number of anilines is 3. The van der Waals surface area contributed by atoms with E-state index < -0.39 is 0 Å². The van der Waals surface area contributed by atoms with Crippen LogP contribution in [0.4, 0.5) is 17.1 Å². The van der Waals surface area contributed by atoms with Crippen molar-refractivity contribution < 1.29 is 4.79 Å². The number of fused-ring (bicyclic) bond motifs is 1. The molecule has 0 saturated heterocycles. The van der Waals surface area contributed by atoms with Crippen LogP contribution in [0.3, 0.4) is 0 Å². The SMILES string of the molecule is CC(Sc1ccc(NC(=S)Nc2ccccc2)cc1)C(=O)Nc1ccc2ccccc2c1. The number of amides is 1. The first-order valence-corrected chi connectivity index (χ1v) is 11.5. The lowest BCUT2D eigenvalue weighted by atomic mass is 10.1. The Balaban J connectivity index is 1.31. The fraction of sp³-hybridized carbons (Fsp3) is 0.0769. The van der Waals surface area contributed by atoms with E-state index in [2.05, 4.69) is 22.0 Å². The van der Waals surface area contributed by atoms with Gasteiger partial charge in [0.2, 0.25) is 5.91 Å². The van der Waals surface area contributed by atoms with Crippen LogP contribution in [0.2, 0.25) is 0 Å². The summed E-state index contributed by atoms with van der Waals surface area (Å²) < 4.78 is 0. The molecule has 0 aliphatic heterocycles. The molecule has 0 spiro atoms. The van der Waals surface area contributed by atoms with Crippen LogP contribution in [-0.2, 0) is 4.79 Å². The quantitative estimate of drug-likeness (QED) is 0.220. The lowest BCUT2D eigenvalue weighted by Crippen LogP contribution is -2.22. The second-order valence-electron chi connectivity index (χ2n) is 7.28. The minimum absolute atomic E-state index is 0.0271. The maximum Gasteiger partial charge on any atom is 0.237 e. The van der Waals surface area contributed by atoms with Crippen molar-refractivity contribution in [2.24, 2.45) is 0 Å². The Morgan fingerprint density at radius 1 is 0.719 bits per heavy atom. The van der Waals surface area contributed by atoms with Gasteiger partial charge in [-0.1, -0.05) is 48.5 Å². The number of nitrogens with one attached hydrogen (secondary N) is 3. The van der Waals surface area contributed by atoms with Crippen LogP contribution in [0.25, 0.3) is 10.8 Å². The lowest BCUT2D eigenvalue weighted by Gasteiger charge is -2.14. The van der Waals surface area contributed by atoms with Crippen LogP contribution >= 0.6 is 24.0 Å². The molecule has 160 valence electrons. The van der Waals surface area contributed by atoms with E-state index in [0.717, 1.165) is 32.7 Å². The van der Waals surface area contributed by atoms with Crippen LogP contribution in [0, 0.1) is 0 Å². The van der Waals surface area contributed by atoms with Crippen molar-refractivity contribution in [3.05, 3.63) is 97.1 Å². The first-order chi connectivity index (χ1) is 15.6. The van der Waals surface area contributed by atoms with Gasteiger partial charge in [-0.25, -0.2) is 0 Å². The molecule has 3 N–H and O–H groups in total. The van der Waals surface area contributed by atoms with Crippen LogP contribution in [-0.4, -0.2) is 16.3 Å². The van der Waals surface area contributed by atoms with Gasteiger partial charge in [-0.15, -0.1) is 11.8 Å². The molecule has 32 heavy (non-hydrogen) atoms. The number of hydrogen-bond acceptors (Lipinski definition) is 3. The Morgan fingerprint density at radius 3 is 2.03 bits per heavy atom. The van der Waals surface area contributed by atoms with Crippen molar-refractivity contribution in [1.82, 2.24) is 0 Å². The first-order valence-electron chi connectivity index (χ1n) is 10.3. The molecule has 1 atom stereocenters. The first kappa shape index (κ1) is 21.9. The fourth-order valence-corrected chi connectivity index (χ4v) is 4.30. The number of benzene rings is 4. The van der Waals surface area contributed by atoms with Gasteiger partial charge in [-0.3, -0.25) is 4.79 Å². The summed E-state index contributed by atoms with van der Waals surface area (Å²) in [5.74, 6) is -0.0271. The molecule has 1 amide bonds. The van der Waals surface area contributed by atoms with Crippen LogP contribution in [0.5, 0.6) is 0 Å². The highest BCUT2D eigenvalue weighted by Crippen LogP contribution is 2.26. The number of rotatable bonds is 6. The standard InChI is InChI=1S/C26H23N3OS2/c1-18(25(30)27-23-12-11-19-7-5-6-8-20(19)17-23)32-24-15-13-22(14-16-24)29-26(31)28-21-9-3-2-4-10-21/h2-18H,1H3,(H,27,30)(H2,28,29,31). The minimum Gasteiger partial charge on any atom is -0.332 e. The van der Waals surface area contributed by atoms with Crippen molar-refractivity contribution in [2.45, 2.75) is 17.1 Å². The van der Waals surface area contributed by atoms with Gasteiger partial charge in [-0.2, -0.15) is 0 Å². The molecule has 0 aliphatic rings. The van der Waals surface area contributed by atoms with E-state index in [9.17, 15) is 4.79 Å². The molecule has 1 unspecified atom stereocenters. The van der Waals surface area contributed by atoms with Gasteiger partial charge >= 0.3 is 0 Å². The summed E-state index contributed by atoms with van der Waals surface area (Å²) in [5, 5.41) is 11.9. The summed E-state index contributed by atoms with van der Waals surface area (Å²) in [7, 11) is 0. The van der Waals surface area contributed by atoms with Gasteiger partial charge in [0.1, 0.15) is 0 Å². The van der Waals surface area contributed by atoms with Gasteiger partial charge in [0, 0.05) is 22.0 Å². The predicted octanol–water partition coefficient (Wildman–Crippen LogP) is 6.77. The Hall–Kier alpha value is -3.35. The monoisotopic (exact) mass is 457 g/mol. The predicted molar refractivity (Wildman–Crippen MR) is 141 cm³/mol. The maximum absolute atomic E-state index is 12.7. The van der Waals surface area contributed by atoms with E-state index >= 15 is 0 Å². The van der Waals surface area contributed by atoms with Gasteiger partial charge in [0.15, 0.2) is 5.11 Å². The number of thiocarbonyl (C=S) groups is 1. The Morgan fingerprint density at radius 2 is 1.31 bits per heavy atom. The highest BCUT2D eigenvalue weighted by Gasteiger charge is 2.15. The third-order valence-electron chi connectivity index (χ3n) is 4.84. The van der Waals surface area contributed by atoms with Gasteiger partial charge < -0.3 is 16.0 Å². The number of carbonyl (C=O) groups excluding carboxylic acids is 1. The van der Waals surface area contributed by atoms with E-state index in [1.54, 1.807) is 0 Å². The largest absolute Gasteiger partial charge is 0.332 e. The lowest BCUT2D eigenvalue weighted by molar-refractivity contribution is -0.115. The van der Waals surface area contributed by atoms with E-state index in [1.165, 1.54) is 11.8 Å². The molecule has 0 aromatic heterocycles. The normalized spacial score (nSPS) is 11.5. The summed E-state index contributed by atoms with van der Waals surface area (Å²) in [6, 6.07) is 31.7. The summed E-state index contributed by atoms with van der Waals surface area (Å²) in [5.41, 5.74) is 2.62. The van der Waals surface area contributed by atoms with Crippen molar-refractivity contribution in [2.75, 3.05) is 16.0 Å². The molecule has 0 fully saturated rings. The van der Waals surface area contributed by atoms with E-state index in [-0.39, 0.29) is 11.2 Å². The van der Waals surface area contributed by atoms with Gasteiger partial charge in [0.25, 0.3) is 0 Å². The fourth-order valence-electron chi connectivity index (χ4n) is 3.20. The highest BCUT2D eigenvalue weighted by atomic mass is 32.2. The van der Waals surface area contributed by atoms with E-state index in [4.69, 9.17) is 12.2 Å². The average molecular weight is 458 g/mol. The molecular formula is C26H23N3OS2. The van der Waals surface area contributed by atoms with Crippen molar-refractivity contribution in [3.63, 3.8) is 0 Å². The Kier molecular flexibility index (Phi) is 7.04. The molecule has 0 bridgehead atoms. The molecule has 4 aromatic carbocycles. The van der Waals surface area contributed by atoms with Crippen molar-refractivity contribution in [1.29, 1.82) is 0 Å². The summed E-state index contributed by atoms with van der Waals surface area (Å²) in [6.45, 7) is 1.91. The van der Waals surface area contributed by atoms with Crippen LogP contribution < -0.4 is 16.0 Å². The average Bonchev–Trinajstić information content (AvgIpc) is 2.81. The molecule has 0 radical (unpaired) electrons. The molecule has 0 aliphatic carbocycles. The number of hydrogen-bond donors (Lipinski definition) is 3. The zero-order valence-electron chi connectivity index (χ0n) is 17.5. The number of thioether (sulfide) groups is 1. The van der Waals surface area contributed by atoms with Crippen LogP contribution in [0.15, 0.2) is 102 Å². The third kappa shape index (κ3) is 5.87. The highest BCUT2D eigenvalue weighted by molar-refractivity contribution is 8.00. The molecule has 6 heteroatoms. The molecule has 0 saturated carbocycles. The molecular weight excluding hydrogens is 434 g/mol. The van der Waals surface area contributed by atoms with E-state index in [0.29, 0.717) is 5.11 Å². The number of para-hydroxylation sites is 1. The van der Waals surface area contributed by atoms with Gasteiger partial charge in [-0.05, 0) is 78.4 Å². The number of carbonyl (C=O) groups is 1. The van der Waals surface area contributed by atoms with Gasteiger partial charge in [0.05, 0.1) is 5.25 Å². The Bertz CT molecular complexity index is 1230. The molecule has 4 nitrogen and oxygen atoms in total. The summed E-state index contributed by atoms with van der Waals surface area (Å²) >= 11 is 6.88. The molecule has 4 rings (SSSR count). The van der Waals surface area contributed by atoms with E-state index in [1.807, 2.05) is 97.9 Å². The molecule has 0 heterocycles. The topological polar surface area (TPSA) is 53.2 Å². The van der Waals surface area contributed by atoms with Crippen molar-refractivity contribution >= 4 is 62.8 Å². The zero-order chi connectivity index (χ0) is 22.3. The minimum atomic E-state index is -0.235. The maximum atomic E-state index is 12.7. The third-order valence-corrected chi connectivity index (χ3v) is 6.16. The summed E-state index contributed by atoms with van der Waals surface area (Å²) in [6.07, 6.45) is 0. The van der Waals surface area contributed by atoms with Crippen molar-refractivity contribution in [3.8, 4) is 0 Å². The van der Waals surface area contributed by atoms with Crippen LogP contribution in [0.1, 0.15) is 6.92 Å². The summed E-state index contributed by atoms with van der Waals surface area (Å²) in [4.78, 5) is 13.7. The Labute approximate surface area is 197 Å². The second-order valence-corrected chi connectivity index (χ2v) is 9.10.